The standard InChI is InChI=1S/C56H68Br4O8/c1-5-9-13-17-33-49-37(25-57)51-34(18-14-10-6-2)53-39(27-59)55-36(20-16-12-8-4)56-40(28-60)54-35(19-15-11-7-3)52-38(26-58)50(33)42-22-44(52)64-31-66-46(54)24-48(56)68-32-67-47(55)23-45(53)65-30-63-43(51)21-41(49)61-29-62-42/h21-24,33-36H,5-20,25-32H2,1-4H3. The van der Waals surface area contributed by atoms with Gasteiger partial charge in [0.25, 0.3) is 0 Å². The second-order valence-electron chi connectivity index (χ2n) is 19.1. The molecule has 0 aromatic heterocycles. The van der Waals surface area contributed by atoms with Gasteiger partial charge in [0.15, 0.2) is 0 Å². The van der Waals surface area contributed by atoms with Gasteiger partial charge in [-0.3, -0.25) is 0 Å². The molecule has 0 N–H and O–H groups in total. The van der Waals surface area contributed by atoms with Crippen molar-refractivity contribution in [3.63, 3.8) is 0 Å². The van der Waals surface area contributed by atoms with E-state index < -0.39 is 0 Å². The van der Waals surface area contributed by atoms with E-state index in [2.05, 4.69) is 116 Å². The molecule has 0 spiro atoms. The molecule has 368 valence electrons. The van der Waals surface area contributed by atoms with Crippen molar-refractivity contribution in [3.05, 3.63) is 91.0 Å². The van der Waals surface area contributed by atoms with Crippen LogP contribution in [0.4, 0.5) is 0 Å². The lowest BCUT2D eigenvalue weighted by Crippen LogP contribution is -2.26. The van der Waals surface area contributed by atoms with Gasteiger partial charge >= 0.3 is 0 Å². The van der Waals surface area contributed by atoms with Crippen LogP contribution < -0.4 is 37.9 Å². The van der Waals surface area contributed by atoms with E-state index in [1.54, 1.807) is 0 Å². The highest BCUT2D eigenvalue weighted by Gasteiger charge is 2.42. The Morgan fingerprint density at radius 2 is 0.485 bits per heavy atom. The third-order valence-corrected chi connectivity index (χ3v) is 17.4. The SMILES string of the molecule is CCCCCC1c2c3cc4c(c2CBr)C(CCCCC)c2c(cc5c(c2CBr)C(CCCCC)c2c(cc6c(c2CBr)C(CCCCC)c2c(cc(c1c2CBr)OCO3)OCO6)OCO5)OCO4. The molecule has 0 radical (unpaired) electrons. The number of benzene rings is 4. The summed E-state index contributed by atoms with van der Waals surface area (Å²) < 4.78 is 54.6. The molecule has 9 rings (SSSR count). The number of unbranched alkanes of at least 4 members (excludes halogenated alkanes) is 8. The molecule has 12 heteroatoms. The quantitative estimate of drug-likeness (QED) is 0.0640. The molecule has 4 heterocycles. The summed E-state index contributed by atoms with van der Waals surface area (Å²) in [5.41, 5.74) is 14.7. The Balaban J connectivity index is 1.50. The number of hydrogen-bond donors (Lipinski definition) is 0. The molecule has 4 aliphatic heterocycles. The highest BCUT2D eigenvalue weighted by molar-refractivity contribution is 9.09. The summed E-state index contributed by atoms with van der Waals surface area (Å²) in [5.74, 6) is 6.26. The van der Waals surface area contributed by atoms with E-state index in [0.29, 0.717) is 21.3 Å². The molecule has 0 amide bonds. The fraction of sp³-hybridized carbons (Fsp3) is 0.571. The van der Waals surface area contributed by atoms with Gasteiger partial charge in [-0.1, -0.05) is 168 Å². The maximum atomic E-state index is 6.83. The predicted molar refractivity (Wildman–Crippen MR) is 285 cm³/mol. The molecule has 0 saturated heterocycles. The van der Waals surface area contributed by atoms with Crippen molar-refractivity contribution in [3.8, 4) is 46.0 Å². The van der Waals surface area contributed by atoms with Crippen LogP contribution in [0.1, 0.15) is 221 Å². The van der Waals surface area contributed by atoms with Crippen LogP contribution in [0.15, 0.2) is 24.3 Å². The first-order valence-corrected chi connectivity index (χ1v) is 30.0. The summed E-state index contributed by atoms with van der Waals surface area (Å²) >= 11 is 16.7. The fourth-order valence-corrected chi connectivity index (χ4v) is 14.6. The molecular weight excluding hydrogens is 1120 g/mol. The van der Waals surface area contributed by atoms with Gasteiger partial charge in [-0.2, -0.15) is 0 Å². The van der Waals surface area contributed by atoms with E-state index in [-0.39, 0.29) is 50.8 Å². The highest BCUT2D eigenvalue weighted by Crippen LogP contribution is 2.60. The van der Waals surface area contributed by atoms with Crippen LogP contribution >= 0.6 is 63.7 Å². The van der Waals surface area contributed by atoms with E-state index in [1.807, 2.05) is 0 Å². The van der Waals surface area contributed by atoms with Gasteiger partial charge in [-0.15, -0.1) is 0 Å². The first-order chi connectivity index (χ1) is 33.5. The van der Waals surface area contributed by atoms with Crippen LogP contribution in [0.3, 0.4) is 0 Å². The first-order valence-electron chi connectivity index (χ1n) is 25.5. The van der Waals surface area contributed by atoms with Crippen molar-refractivity contribution in [1.82, 2.24) is 0 Å². The molecule has 8 nitrogen and oxygen atoms in total. The Labute approximate surface area is 438 Å². The van der Waals surface area contributed by atoms with Crippen molar-refractivity contribution in [1.29, 1.82) is 0 Å². The van der Waals surface area contributed by atoms with E-state index in [9.17, 15) is 0 Å². The van der Waals surface area contributed by atoms with E-state index in [1.165, 1.54) is 66.8 Å². The number of hydrogen-bond acceptors (Lipinski definition) is 8. The van der Waals surface area contributed by atoms with Crippen molar-refractivity contribution < 1.29 is 37.9 Å². The Kier molecular flexibility index (Phi) is 17.1. The van der Waals surface area contributed by atoms with Crippen LogP contribution in [0.25, 0.3) is 0 Å². The highest BCUT2D eigenvalue weighted by atomic mass is 79.9. The summed E-state index contributed by atoms with van der Waals surface area (Å²) in [6.45, 7) is 9.32. The predicted octanol–water partition coefficient (Wildman–Crippen LogP) is 17.3. The summed E-state index contributed by atoms with van der Waals surface area (Å²) in [5, 5.41) is 2.51. The number of halogens is 4. The first kappa shape index (κ1) is 50.2. The zero-order chi connectivity index (χ0) is 47.3. The van der Waals surface area contributed by atoms with Crippen LogP contribution in [-0.4, -0.2) is 27.2 Å². The van der Waals surface area contributed by atoms with Crippen molar-refractivity contribution in [2.45, 2.75) is 175 Å². The summed E-state index contributed by atoms with van der Waals surface area (Å²) in [6, 6.07) is 8.66. The summed E-state index contributed by atoms with van der Waals surface area (Å²) in [4.78, 5) is 0. The van der Waals surface area contributed by atoms with Gasteiger partial charge in [0.2, 0.25) is 27.2 Å². The molecule has 0 saturated carbocycles. The molecule has 4 aromatic rings. The Hall–Kier alpha value is -2.80. The van der Waals surface area contributed by atoms with Gasteiger partial charge < -0.3 is 37.9 Å². The smallest absolute Gasteiger partial charge is 0.230 e. The van der Waals surface area contributed by atoms with Gasteiger partial charge in [0.05, 0.1) is 0 Å². The average Bonchev–Trinajstić information content (AvgIpc) is 3.32. The monoisotopic (exact) mass is 1180 g/mol. The molecule has 1 aliphatic carbocycles. The number of alkyl halides is 4. The number of ether oxygens (including phenoxy) is 8. The molecule has 5 aliphatic rings. The van der Waals surface area contributed by atoms with Crippen LogP contribution in [0.5, 0.6) is 46.0 Å². The molecule has 0 atom stereocenters. The normalized spacial score (nSPS) is 19.3. The minimum atomic E-state index is -0.0529. The summed E-state index contributed by atoms with van der Waals surface area (Å²) in [7, 11) is 0. The lowest BCUT2D eigenvalue weighted by atomic mass is 9.71. The van der Waals surface area contributed by atoms with Crippen molar-refractivity contribution >= 4 is 63.7 Å². The Morgan fingerprint density at radius 3 is 0.632 bits per heavy atom. The second kappa shape index (κ2) is 23.2. The third kappa shape index (κ3) is 9.41. The second-order valence-corrected chi connectivity index (χ2v) is 21.3. The van der Waals surface area contributed by atoms with Gasteiger partial charge in [0.1, 0.15) is 46.0 Å². The lowest BCUT2D eigenvalue weighted by molar-refractivity contribution is 0.0980. The zero-order valence-electron chi connectivity index (χ0n) is 40.4. The fourth-order valence-electron chi connectivity index (χ4n) is 12.2. The minimum absolute atomic E-state index is 0.0421. The van der Waals surface area contributed by atoms with E-state index in [0.717, 1.165) is 149 Å². The number of rotatable bonds is 20. The maximum Gasteiger partial charge on any atom is 0.230 e. The van der Waals surface area contributed by atoms with Crippen molar-refractivity contribution in [2.75, 3.05) is 27.2 Å². The Morgan fingerprint density at radius 1 is 0.309 bits per heavy atom. The molecule has 4 aromatic carbocycles. The third-order valence-electron chi connectivity index (χ3n) is 15.2. The van der Waals surface area contributed by atoms with Crippen LogP contribution in [0, 0.1) is 0 Å². The largest absolute Gasteiger partial charge is 0.457 e. The average molecular weight is 1190 g/mol. The van der Waals surface area contributed by atoms with Crippen LogP contribution in [0.2, 0.25) is 0 Å². The van der Waals surface area contributed by atoms with Crippen LogP contribution in [-0.2, 0) is 21.3 Å². The topological polar surface area (TPSA) is 73.8 Å². The molecule has 0 fully saturated rings. The molecule has 8 bridgehead atoms. The minimum Gasteiger partial charge on any atom is -0.457 e. The molecule has 68 heavy (non-hydrogen) atoms. The van der Waals surface area contributed by atoms with Gasteiger partial charge in [-0.05, 0) is 47.9 Å². The molecule has 0 unspecified atom stereocenters. The zero-order valence-corrected chi connectivity index (χ0v) is 46.7. The van der Waals surface area contributed by atoms with Gasteiger partial charge in [0, 0.05) is 114 Å². The van der Waals surface area contributed by atoms with Crippen molar-refractivity contribution in [2.24, 2.45) is 0 Å². The molecular formula is C56H68Br4O8. The Bertz CT molecular complexity index is 1980. The summed E-state index contributed by atoms with van der Waals surface area (Å²) in [6.07, 6.45) is 16.9. The van der Waals surface area contributed by atoms with Gasteiger partial charge in [-0.25, -0.2) is 0 Å². The lowest BCUT2D eigenvalue weighted by Gasteiger charge is -2.39. The van der Waals surface area contributed by atoms with E-state index >= 15 is 0 Å². The maximum absolute atomic E-state index is 6.83. The van der Waals surface area contributed by atoms with E-state index in [4.69, 9.17) is 37.9 Å².